The van der Waals surface area contributed by atoms with E-state index in [0.717, 1.165) is 6.42 Å². The molecule has 0 aliphatic carbocycles. The molecule has 1 amide bonds. The van der Waals surface area contributed by atoms with E-state index < -0.39 is 0 Å². The first-order valence-electron chi connectivity index (χ1n) is 4.86. The number of carbonyl (C=O) groups is 1. The Balaban J connectivity index is 2.62. The van der Waals surface area contributed by atoms with Crippen LogP contribution < -0.4 is 0 Å². The number of nitrogens with zero attached hydrogens (tertiary/aromatic N) is 2. The number of nitriles is 1. The Labute approximate surface area is 84.4 Å². The molecule has 2 unspecified atom stereocenters. The van der Waals surface area contributed by atoms with E-state index in [1.807, 2.05) is 13.8 Å². The maximum Gasteiger partial charge on any atom is 0.409 e. The lowest BCUT2D eigenvalue weighted by molar-refractivity contribution is 0.0372. The summed E-state index contributed by atoms with van der Waals surface area (Å²) in [5, 5.41) is 8.98. The predicted octanol–water partition coefficient (Wildman–Crippen LogP) is 1.62. The SMILES string of the molecule is COC(=O)N1CCC1C(C#N)C(C)C. The second-order valence-electron chi connectivity index (χ2n) is 3.92. The Bertz CT molecular complexity index is 257. The van der Waals surface area contributed by atoms with Crippen molar-refractivity contribution < 1.29 is 9.53 Å². The van der Waals surface area contributed by atoms with Gasteiger partial charge in [-0.25, -0.2) is 4.79 Å². The minimum absolute atomic E-state index is 0.0486. The Morgan fingerprint density at radius 1 is 1.64 bits per heavy atom. The third-order valence-corrected chi connectivity index (χ3v) is 2.76. The fourth-order valence-corrected chi connectivity index (χ4v) is 1.80. The van der Waals surface area contributed by atoms with Crippen LogP contribution in [0.2, 0.25) is 0 Å². The van der Waals surface area contributed by atoms with E-state index in [-0.39, 0.29) is 24.0 Å². The fourth-order valence-electron chi connectivity index (χ4n) is 1.80. The van der Waals surface area contributed by atoms with Crippen molar-refractivity contribution >= 4 is 6.09 Å². The molecule has 0 N–H and O–H groups in total. The van der Waals surface area contributed by atoms with Gasteiger partial charge >= 0.3 is 6.09 Å². The van der Waals surface area contributed by atoms with Crippen LogP contribution in [-0.2, 0) is 4.74 Å². The molecule has 1 heterocycles. The number of likely N-dealkylation sites (tertiary alicyclic amines) is 1. The summed E-state index contributed by atoms with van der Waals surface area (Å²) in [6.07, 6.45) is 0.591. The van der Waals surface area contributed by atoms with Gasteiger partial charge in [-0.05, 0) is 12.3 Å². The van der Waals surface area contributed by atoms with Crippen LogP contribution in [-0.4, -0.2) is 30.7 Å². The Kier molecular flexibility index (Phi) is 3.34. The predicted molar refractivity (Wildman–Crippen MR) is 51.5 cm³/mol. The highest BCUT2D eigenvalue weighted by molar-refractivity contribution is 5.69. The lowest BCUT2D eigenvalue weighted by atomic mass is 9.83. The number of hydrogen-bond donors (Lipinski definition) is 0. The highest BCUT2D eigenvalue weighted by Crippen LogP contribution is 2.29. The minimum atomic E-state index is -0.317. The van der Waals surface area contributed by atoms with Crippen LogP contribution in [0.3, 0.4) is 0 Å². The van der Waals surface area contributed by atoms with E-state index >= 15 is 0 Å². The van der Waals surface area contributed by atoms with Crippen molar-refractivity contribution in [1.82, 2.24) is 4.90 Å². The van der Waals surface area contributed by atoms with E-state index in [2.05, 4.69) is 10.8 Å². The van der Waals surface area contributed by atoms with Crippen molar-refractivity contribution in [2.45, 2.75) is 26.3 Å². The zero-order valence-corrected chi connectivity index (χ0v) is 8.86. The second kappa shape index (κ2) is 4.32. The van der Waals surface area contributed by atoms with Crippen LogP contribution >= 0.6 is 0 Å². The molecule has 1 rings (SSSR count). The Morgan fingerprint density at radius 3 is 2.57 bits per heavy atom. The summed E-state index contributed by atoms with van der Waals surface area (Å²) >= 11 is 0. The average Bonchev–Trinajstić information content (AvgIpc) is 2.10. The molecule has 4 heteroatoms. The van der Waals surface area contributed by atoms with E-state index in [1.165, 1.54) is 7.11 Å². The maximum atomic E-state index is 11.2. The largest absolute Gasteiger partial charge is 0.453 e. The molecule has 0 aromatic heterocycles. The molecule has 4 nitrogen and oxygen atoms in total. The smallest absolute Gasteiger partial charge is 0.409 e. The van der Waals surface area contributed by atoms with Crippen LogP contribution in [0.15, 0.2) is 0 Å². The maximum absolute atomic E-state index is 11.2. The molecule has 14 heavy (non-hydrogen) atoms. The van der Waals surface area contributed by atoms with Crippen LogP contribution in [0.4, 0.5) is 4.79 Å². The summed E-state index contributed by atoms with van der Waals surface area (Å²) in [6, 6.07) is 2.31. The number of carbonyl (C=O) groups excluding carboxylic acids is 1. The lowest BCUT2D eigenvalue weighted by Gasteiger charge is -2.43. The first-order valence-corrected chi connectivity index (χ1v) is 4.86. The molecule has 0 bridgehead atoms. The number of rotatable bonds is 2. The highest BCUT2D eigenvalue weighted by atomic mass is 16.5. The first-order chi connectivity index (χ1) is 6.61. The van der Waals surface area contributed by atoms with Crippen LogP contribution in [0.25, 0.3) is 0 Å². The van der Waals surface area contributed by atoms with Gasteiger partial charge in [0.15, 0.2) is 0 Å². The molecule has 0 spiro atoms. The van der Waals surface area contributed by atoms with Gasteiger partial charge in [-0.15, -0.1) is 0 Å². The van der Waals surface area contributed by atoms with Gasteiger partial charge in [-0.3, -0.25) is 0 Å². The number of ether oxygens (including phenoxy) is 1. The summed E-state index contributed by atoms with van der Waals surface area (Å²) in [6.45, 7) is 4.71. The molecule has 78 valence electrons. The molecule has 1 aliphatic rings. The van der Waals surface area contributed by atoms with Gasteiger partial charge in [0, 0.05) is 6.54 Å². The topological polar surface area (TPSA) is 53.3 Å². The molecule has 0 saturated carbocycles. The summed E-state index contributed by atoms with van der Waals surface area (Å²) in [4.78, 5) is 12.9. The van der Waals surface area contributed by atoms with Crippen molar-refractivity contribution in [2.24, 2.45) is 11.8 Å². The van der Waals surface area contributed by atoms with E-state index in [4.69, 9.17) is 5.26 Å². The summed E-state index contributed by atoms with van der Waals surface area (Å²) in [5.41, 5.74) is 0. The molecule has 1 aliphatic heterocycles. The zero-order chi connectivity index (χ0) is 10.7. The third-order valence-electron chi connectivity index (χ3n) is 2.76. The third kappa shape index (κ3) is 1.82. The van der Waals surface area contributed by atoms with Gasteiger partial charge in [-0.1, -0.05) is 13.8 Å². The monoisotopic (exact) mass is 196 g/mol. The van der Waals surface area contributed by atoms with Gasteiger partial charge in [0.05, 0.1) is 25.1 Å². The number of methoxy groups -OCH3 is 1. The van der Waals surface area contributed by atoms with Crippen molar-refractivity contribution in [3.8, 4) is 6.07 Å². The van der Waals surface area contributed by atoms with Gasteiger partial charge in [-0.2, -0.15) is 5.26 Å². The second-order valence-corrected chi connectivity index (χ2v) is 3.92. The molecule has 0 radical (unpaired) electrons. The van der Waals surface area contributed by atoms with E-state index in [0.29, 0.717) is 6.54 Å². The summed E-state index contributed by atoms with van der Waals surface area (Å²) in [7, 11) is 1.37. The summed E-state index contributed by atoms with van der Waals surface area (Å²) in [5.74, 6) is 0.195. The number of hydrogen-bond acceptors (Lipinski definition) is 3. The normalized spacial score (nSPS) is 22.5. The standard InChI is InChI=1S/C10H16N2O2/c1-7(2)8(6-11)9-4-5-12(9)10(13)14-3/h7-9H,4-5H2,1-3H3. The molecule has 1 fully saturated rings. The average molecular weight is 196 g/mol. The van der Waals surface area contributed by atoms with Gasteiger partial charge in [0.1, 0.15) is 0 Å². The van der Waals surface area contributed by atoms with Crippen molar-refractivity contribution in [3.05, 3.63) is 0 Å². The van der Waals surface area contributed by atoms with Crippen molar-refractivity contribution in [2.75, 3.05) is 13.7 Å². The molecular formula is C10H16N2O2. The van der Waals surface area contributed by atoms with E-state index in [1.54, 1.807) is 4.90 Å². The van der Waals surface area contributed by atoms with Gasteiger partial charge in [0.25, 0.3) is 0 Å². The fraction of sp³-hybridized carbons (Fsp3) is 0.800. The lowest BCUT2D eigenvalue weighted by Crippen LogP contribution is -2.55. The Hall–Kier alpha value is -1.24. The molecule has 0 aromatic rings. The van der Waals surface area contributed by atoms with Crippen LogP contribution in [0, 0.1) is 23.2 Å². The molecule has 0 aromatic carbocycles. The molecule has 1 saturated heterocycles. The van der Waals surface area contributed by atoms with Crippen LogP contribution in [0.5, 0.6) is 0 Å². The minimum Gasteiger partial charge on any atom is -0.453 e. The summed E-state index contributed by atoms with van der Waals surface area (Å²) < 4.78 is 4.64. The quantitative estimate of drug-likeness (QED) is 0.674. The number of amides is 1. The van der Waals surface area contributed by atoms with Gasteiger partial charge in [0.2, 0.25) is 0 Å². The highest BCUT2D eigenvalue weighted by Gasteiger charge is 2.39. The van der Waals surface area contributed by atoms with Crippen molar-refractivity contribution in [1.29, 1.82) is 5.26 Å². The zero-order valence-electron chi connectivity index (χ0n) is 8.86. The molecule has 2 atom stereocenters. The Morgan fingerprint density at radius 2 is 2.29 bits per heavy atom. The van der Waals surface area contributed by atoms with Crippen molar-refractivity contribution in [3.63, 3.8) is 0 Å². The van der Waals surface area contributed by atoms with Crippen LogP contribution in [0.1, 0.15) is 20.3 Å². The molecular weight excluding hydrogens is 180 g/mol. The van der Waals surface area contributed by atoms with Gasteiger partial charge < -0.3 is 9.64 Å². The van der Waals surface area contributed by atoms with E-state index in [9.17, 15) is 4.79 Å². The first kappa shape index (κ1) is 10.8.